The maximum atomic E-state index is 5.78. The summed E-state index contributed by atoms with van der Waals surface area (Å²) >= 11 is 11.6. The quantitative estimate of drug-likeness (QED) is 0.634. The second-order valence-electron chi connectivity index (χ2n) is 2.11. The second kappa shape index (κ2) is 3.71. The van der Waals surface area contributed by atoms with Gasteiger partial charge in [0.2, 0.25) is 0 Å². The van der Waals surface area contributed by atoms with Crippen LogP contribution in [0.2, 0.25) is 10.0 Å². The van der Waals surface area contributed by atoms with Crippen molar-refractivity contribution in [3.63, 3.8) is 0 Å². The first-order valence-electron chi connectivity index (χ1n) is 3.18. The van der Waals surface area contributed by atoms with E-state index < -0.39 is 0 Å². The Morgan fingerprint density at radius 2 is 2.00 bits per heavy atom. The van der Waals surface area contributed by atoms with Crippen LogP contribution in [-0.4, -0.2) is 7.11 Å². The van der Waals surface area contributed by atoms with Crippen molar-refractivity contribution in [2.45, 2.75) is 0 Å². The predicted molar refractivity (Wildman–Crippen MR) is 50.9 cm³/mol. The lowest BCUT2D eigenvalue weighted by Crippen LogP contribution is -1.86. The predicted octanol–water partition coefficient (Wildman–Crippen LogP) is 2.98. The molecular formula is C9H6Cl2O. The minimum absolute atomic E-state index is 0.460. The highest BCUT2D eigenvalue weighted by Gasteiger charge is 2.04. The van der Waals surface area contributed by atoms with Gasteiger partial charge in [-0.05, 0) is 12.1 Å². The number of terminal acetylenes is 1. The fraction of sp³-hybridized carbons (Fsp3) is 0.111. The zero-order chi connectivity index (χ0) is 9.14. The molecule has 0 heterocycles. The first kappa shape index (κ1) is 9.25. The average molecular weight is 201 g/mol. The van der Waals surface area contributed by atoms with Gasteiger partial charge in [-0.15, -0.1) is 6.42 Å². The molecule has 0 aliphatic carbocycles. The summed E-state index contributed by atoms with van der Waals surface area (Å²) in [6.07, 6.45) is 5.19. The standard InChI is InChI=1S/C9H6Cl2O/c1-3-6-4-9(12-2)8(11)5-7(6)10/h1,4-5H,2H3. The van der Waals surface area contributed by atoms with E-state index in [1.165, 1.54) is 7.11 Å². The molecule has 0 aromatic heterocycles. The molecule has 0 amide bonds. The maximum absolute atomic E-state index is 5.78. The molecule has 0 aliphatic rings. The lowest BCUT2D eigenvalue weighted by atomic mass is 10.2. The molecule has 0 aliphatic heterocycles. The molecule has 62 valence electrons. The molecule has 0 fully saturated rings. The van der Waals surface area contributed by atoms with Gasteiger partial charge >= 0.3 is 0 Å². The Balaban J connectivity index is 3.30. The number of hydrogen-bond acceptors (Lipinski definition) is 1. The highest BCUT2D eigenvalue weighted by molar-refractivity contribution is 6.36. The molecule has 0 spiro atoms. The van der Waals surface area contributed by atoms with E-state index in [2.05, 4.69) is 5.92 Å². The molecule has 1 nitrogen and oxygen atoms in total. The average Bonchev–Trinajstić information content (AvgIpc) is 2.05. The van der Waals surface area contributed by atoms with E-state index in [0.29, 0.717) is 21.4 Å². The van der Waals surface area contributed by atoms with Gasteiger partial charge in [0.15, 0.2) is 0 Å². The van der Waals surface area contributed by atoms with Crippen LogP contribution in [0.1, 0.15) is 5.56 Å². The molecule has 1 rings (SSSR count). The number of halogens is 2. The minimum Gasteiger partial charge on any atom is -0.495 e. The summed E-state index contributed by atoms with van der Waals surface area (Å²) in [5.74, 6) is 2.96. The van der Waals surface area contributed by atoms with Gasteiger partial charge in [-0.1, -0.05) is 29.1 Å². The molecular weight excluding hydrogens is 195 g/mol. The normalized spacial score (nSPS) is 9.17. The Bertz CT molecular complexity index is 339. The largest absolute Gasteiger partial charge is 0.495 e. The Morgan fingerprint density at radius 3 is 2.50 bits per heavy atom. The van der Waals surface area contributed by atoms with Crippen molar-refractivity contribution in [1.29, 1.82) is 0 Å². The zero-order valence-corrected chi connectivity index (χ0v) is 7.91. The van der Waals surface area contributed by atoms with Crippen LogP contribution in [-0.2, 0) is 0 Å². The van der Waals surface area contributed by atoms with Gasteiger partial charge in [-0.3, -0.25) is 0 Å². The fourth-order valence-electron chi connectivity index (χ4n) is 0.796. The Morgan fingerprint density at radius 1 is 1.33 bits per heavy atom. The minimum atomic E-state index is 0.460. The Labute approximate surface area is 81.2 Å². The van der Waals surface area contributed by atoms with E-state index in [0.717, 1.165) is 0 Å². The Hall–Kier alpha value is -0.840. The lowest BCUT2D eigenvalue weighted by Gasteiger charge is -2.04. The molecule has 12 heavy (non-hydrogen) atoms. The molecule has 0 unspecified atom stereocenters. The molecule has 0 N–H and O–H groups in total. The van der Waals surface area contributed by atoms with Crippen molar-refractivity contribution in [3.05, 3.63) is 27.7 Å². The van der Waals surface area contributed by atoms with Crippen LogP contribution < -0.4 is 4.74 Å². The van der Waals surface area contributed by atoms with Crippen molar-refractivity contribution in [3.8, 4) is 18.1 Å². The van der Waals surface area contributed by atoms with E-state index in [4.69, 9.17) is 34.4 Å². The van der Waals surface area contributed by atoms with Crippen molar-refractivity contribution in [2.24, 2.45) is 0 Å². The number of benzene rings is 1. The van der Waals surface area contributed by atoms with Crippen molar-refractivity contribution in [2.75, 3.05) is 7.11 Å². The van der Waals surface area contributed by atoms with Gasteiger partial charge in [-0.25, -0.2) is 0 Å². The van der Waals surface area contributed by atoms with E-state index in [1.54, 1.807) is 12.1 Å². The summed E-state index contributed by atoms with van der Waals surface area (Å²) in [7, 11) is 1.52. The topological polar surface area (TPSA) is 9.23 Å². The van der Waals surface area contributed by atoms with Crippen molar-refractivity contribution in [1.82, 2.24) is 0 Å². The summed E-state index contributed by atoms with van der Waals surface area (Å²) in [4.78, 5) is 0. The van der Waals surface area contributed by atoms with Crippen molar-refractivity contribution < 1.29 is 4.74 Å². The third-order valence-corrected chi connectivity index (χ3v) is 2.01. The molecule has 1 aromatic carbocycles. The highest BCUT2D eigenvalue weighted by Crippen LogP contribution is 2.30. The lowest BCUT2D eigenvalue weighted by molar-refractivity contribution is 0.415. The van der Waals surface area contributed by atoms with Crippen LogP contribution in [0, 0.1) is 12.3 Å². The number of hydrogen-bond donors (Lipinski definition) is 0. The first-order valence-corrected chi connectivity index (χ1v) is 3.94. The molecule has 0 bridgehead atoms. The van der Waals surface area contributed by atoms with Gasteiger partial charge in [0.25, 0.3) is 0 Å². The second-order valence-corrected chi connectivity index (χ2v) is 2.93. The Kier molecular flexibility index (Phi) is 2.86. The van der Waals surface area contributed by atoms with Gasteiger partial charge in [-0.2, -0.15) is 0 Å². The van der Waals surface area contributed by atoms with E-state index in [9.17, 15) is 0 Å². The smallest absolute Gasteiger partial charge is 0.138 e. The highest BCUT2D eigenvalue weighted by atomic mass is 35.5. The summed E-state index contributed by atoms with van der Waals surface area (Å²) in [6.45, 7) is 0. The van der Waals surface area contributed by atoms with Gasteiger partial charge in [0, 0.05) is 5.56 Å². The van der Waals surface area contributed by atoms with Crippen LogP contribution >= 0.6 is 23.2 Å². The molecule has 0 saturated heterocycles. The van der Waals surface area contributed by atoms with Crippen LogP contribution in [0.25, 0.3) is 0 Å². The van der Waals surface area contributed by atoms with Crippen LogP contribution in [0.4, 0.5) is 0 Å². The summed E-state index contributed by atoms with van der Waals surface area (Å²) < 4.78 is 4.96. The summed E-state index contributed by atoms with van der Waals surface area (Å²) in [5, 5.41) is 0.921. The molecule has 0 atom stereocenters. The molecule has 3 heteroatoms. The van der Waals surface area contributed by atoms with Gasteiger partial charge in [0.05, 0.1) is 17.2 Å². The molecule has 0 saturated carbocycles. The molecule has 0 radical (unpaired) electrons. The van der Waals surface area contributed by atoms with E-state index in [1.807, 2.05) is 0 Å². The van der Waals surface area contributed by atoms with Crippen LogP contribution in [0.3, 0.4) is 0 Å². The number of methoxy groups -OCH3 is 1. The SMILES string of the molecule is C#Cc1cc(OC)c(Cl)cc1Cl. The maximum Gasteiger partial charge on any atom is 0.138 e. The van der Waals surface area contributed by atoms with E-state index >= 15 is 0 Å². The van der Waals surface area contributed by atoms with E-state index in [-0.39, 0.29) is 0 Å². The zero-order valence-electron chi connectivity index (χ0n) is 6.40. The monoisotopic (exact) mass is 200 g/mol. The van der Waals surface area contributed by atoms with Gasteiger partial charge in [0.1, 0.15) is 5.75 Å². The van der Waals surface area contributed by atoms with Crippen LogP contribution in [0.5, 0.6) is 5.75 Å². The first-order chi connectivity index (χ1) is 5.69. The van der Waals surface area contributed by atoms with Gasteiger partial charge < -0.3 is 4.74 Å². The number of rotatable bonds is 1. The third-order valence-electron chi connectivity index (χ3n) is 1.40. The summed E-state index contributed by atoms with van der Waals surface area (Å²) in [5.41, 5.74) is 0.581. The fourth-order valence-corrected chi connectivity index (χ4v) is 1.31. The summed E-state index contributed by atoms with van der Waals surface area (Å²) in [6, 6.07) is 3.20. The van der Waals surface area contributed by atoms with Crippen molar-refractivity contribution >= 4 is 23.2 Å². The molecule has 1 aromatic rings. The van der Waals surface area contributed by atoms with Crippen LogP contribution in [0.15, 0.2) is 12.1 Å². The number of ether oxygens (including phenoxy) is 1. The third kappa shape index (κ3) is 1.66.